The summed E-state index contributed by atoms with van der Waals surface area (Å²) in [5.41, 5.74) is 0. The third-order valence-corrected chi connectivity index (χ3v) is 4.92. The van der Waals surface area contributed by atoms with Crippen LogP contribution in [0.25, 0.3) is 0 Å². The number of hydrogen-bond donors (Lipinski definition) is 3. The highest BCUT2D eigenvalue weighted by atomic mass is 16.5. The molecule has 0 amide bonds. The Morgan fingerprint density at radius 3 is 2.86 bits per heavy atom. The number of rotatable bonds is 6. The predicted molar refractivity (Wildman–Crippen MR) is 83.5 cm³/mol. The second kappa shape index (κ2) is 8.24. The lowest BCUT2D eigenvalue weighted by Gasteiger charge is -2.47. The van der Waals surface area contributed by atoms with Crippen molar-refractivity contribution in [3.05, 3.63) is 0 Å². The summed E-state index contributed by atoms with van der Waals surface area (Å²) in [7, 11) is 1.75. The van der Waals surface area contributed by atoms with Gasteiger partial charge in [0.15, 0.2) is 0 Å². The number of carbonyl (C=O) groups is 1. The molecule has 0 bridgehead atoms. The van der Waals surface area contributed by atoms with E-state index < -0.39 is 6.10 Å². The number of carbonyl (C=O) groups excluding carboxylic acids is 1. The maximum absolute atomic E-state index is 12.3. The predicted octanol–water partition coefficient (Wildman–Crippen LogP) is 0.292. The molecule has 6 heteroatoms. The van der Waals surface area contributed by atoms with Crippen LogP contribution in [0, 0.1) is 11.8 Å². The minimum Gasteiger partial charge on any atom is -0.466 e. The highest BCUT2D eigenvalue weighted by Gasteiger charge is 2.45. The molecule has 1 aliphatic heterocycles. The van der Waals surface area contributed by atoms with E-state index in [4.69, 9.17) is 9.47 Å². The monoisotopic (exact) mass is 314 g/mol. The molecule has 1 saturated heterocycles. The van der Waals surface area contributed by atoms with Crippen LogP contribution < -0.4 is 10.6 Å². The number of methoxy groups -OCH3 is 1. The van der Waals surface area contributed by atoms with Gasteiger partial charge in [-0.3, -0.25) is 4.79 Å². The zero-order chi connectivity index (χ0) is 16.1. The first-order chi connectivity index (χ1) is 10.6. The minimum absolute atomic E-state index is 0.0258. The Morgan fingerprint density at radius 2 is 2.23 bits per heavy atom. The number of ether oxygens (including phenoxy) is 2. The third kappa shape index (κ3) is 4.19. The quantitative estimate of drug-likeness (QED) is 0.612. The summed E-state index contributed by atoms with van der Waals surface area (Å²) in [4.78, 5) is 12.3. The minimum atomic E-state index is -0.432. The average Bonchev–Trinajstić information content (AvgIpc) is 2.51. The van der Waals surface area contributed by atoms with E-state index in [-0.39, 0.29) is 24.0 Å². The molecule has 0 spiro atoms. The summed E-state index contributed by atoms with van der Waals surface area (Å²) in [6.07, 6.45) is 2.86. The summed E-state index contributed by atoms with van der Waals surface area (Å²) in [6, 6.07) is 0.432. The number of hydrogen-bond acceptors (Lipinski definition) is 6. The van der Waals surface area contributed by atoms with E-state index in [1.54, 1.807) is 14.0 Å². The van der Waals surface area contributed by atoms with Gasteiger partial charge in [-0.25, -0.2) is 0 Å². The molecule has 2 aliphatic rings. The van der Waals surface area contributed by atoms with Crippen molar-refractivity contribution >= 4 is 5.97 Å². The second-order valence-electron chi connectivity index (χ2n) is 6.49. The van der Waals surface area contributed by atoms with E-state index in [0.29, 0.717) is 31.7 Å². The molecular weight excluding hydrogens is 284 g/mol. The molecule has 22 heavy (non-hydrogen) atoms. The molecular formula is C16H30N2O4. The SMILES string of the molecule is CCOC(=O)C1CNC2CCC(OC)CC2C1NC[C@H](C)O. The highest BCUT2D eigenvalue weighted by Crippen LogP contribution is 2.35. The van der Waals surface area contributed by atoms with Gasteiger partial charge in [-0.05, 0) is 39.0 Å². The lowest BCUT2D eigenvalue weighted by atomic mass is 9.71. The van der Waals surface area contributed by atoms with Gasteiger partial charge in [0.25, 0.3) is 0 Å². The molecule has 1 heterocycles. The van der Waals surface area contributed by atoms with Crippen molar-refractivity contribution in [2.24, 2.45) is 11.8 Å². The van der Waals surface area contributed by atoms with E-state index >= 15 is 0 Å². The van der Waals surface area contributed by atoms with Crippen LogP contribution in [0.2, 0.25) is 0 Å². The fourth-order valence-corrected chi connectivity index (χ4v) is 3.81. The van der Waals surface area contributed by atoms with Crippen molar-refractivity contribution in [2.45, 2.75) is 57.4 Å². The van der Waals surface area contributed by atoms with Gasteiger partial charge < -0.3 is 25.2 Å². The highest BCUT2D eigenvalue weighted by molar-refractivity contribution is 5.74. The topological polar surface area (TPSA) is 79.8 Å². The second-order valence-corrected chi connectivity index (χ2v) is 6.49. The van der Waals surface area contributed by atoms with Crippen LogP contribution in [0.15, 0.2) is 0 Å². The summed E-state index contributed by atoms with van der Waals surface area (Å²) in [5.74, 6) is -0.0488. The Hall–Kier alpha value is -0.690. The zero-order valence-corrected chi connectivity index (χ0v) is 13.9. The van der Waals surface area contributed by atoms with Gasteiger partial charge >= 0.3 is 5.97 Å². The van der Waals surface area contributed by atoms with Gasteiger partial charge in [0, 0.05) is 32.3 Å². The Balaban J connectivity index is 2.11. The number of esters is 1. The van der Waals surface area contributed by atoms with E-state index in [9.17, 15) is 9.90 Å². The van der Waals surface area contributed by atoms with Crippen LogP contribution in [0.1, 0.15) is 33.1 Å². The smallest absolute Gasteiger partial charge is 0.311 e. The van der Waals surface area contributed by atoms with Crippen molar-refractivity contribution < 1.29 is 19.4 Å². The first-order valence-electron chi connectivity index (χ1n) is 8.41. The van der Waals surface area contributed by atoms with Gasteiger partial charge in [0.2, 0.25) is 0 Å². The van der Waals surface area contributed by atoms with E-state index in [1.165, 1.54) is 0 Å². The molecule has 0 aromatic carbocycles. The first-order valence-corrected chi connectivity index (χ1v) is 8.41. The number of aliphatic hydroxyl groups excluding tert-OH is 1. The van der Waals surface area contributed by atoms with Gasteiger partial charge in [0.05, 0.1) is 24.7 Å². The Morgan fingerprint density at radius 1 is 1.45 bits per heavy atom. The summed E-state index contributed by atoms with van der Waals surface area (Å²) in [5, 5.41) is 16.5. The summed E-state index contributed by atoms with van der Waals surface area (Å²) >= 11 is 0. The molecule has 5 unspecified atom stereocenters. The van der Waals surface area contributed by atoms with Crippen molar-refractivity contribution in [1.29, 1.82) is 0 Å². The molecule has 6 atom stereocenters. The molecule has 1 saturated carbocycles. The maximum atomic E-state index is 12.3. The van der Waals surface area contributed by atoms with Crippen molar-refractivity contribution in [1.82, 2.24) is 10.6 Å². The van der Waals surface area contributed by atoms with Crippen LogP contribution in [0.5, 0.6) is 0 Å². The van der Waals surface area contributed by atoms with Gasteiger partial charge in [-0.15, -0.1) is 0 Å². The first kappa shape index (κ1) is 17.7. The van der Waals surface area contributed by atoms with Crippen molar-refractivity contribution in [3.63, 3.8) is 0 Å². The molecule has 0 aromatic heterocycles. The maximum Gasteiger partial charge on any atom is 0.311 e. The number of nitrogens with one attached hydrogen (secondary N) is 2. The number of piperidine rings is 1. The standard InChI is InChI=1S/C16H30N2O4/c1-4-22-16(20)13-9-17-14-6-5-11(21-3)7-12(14)15(13)18-8-10(2)19/h10-15,17-19H,4-9H2,1-3H3/t10-,11?,12?,13?,14?,15?/m0/s1. The van der Waals surface area contributed by atoms with Crippen LogP contribution in [0.4, 0.5) is 0 Å². The van der Waals surface area contributed by atoms with Gasteiger partial charge in [-0.1, -0.05) is 0 Å². The molecule has 3 N–H and O–H groups in total. The zero-order valence-electron chi connectivity index (χ0n) is 13.9. The van der Waals surface area contributed by atoms with Gasteiger partial charge in [0.1, 0.15) is 0 Å². The molecule has 2 fully saturated rings. The molecule has 0 aromatic rings. The molecule has 1 aliphatic carbocycles. The lowest BCUT2D eigenvalue weighted by molar-refractivity contribution is -0.151. The molecule has 0 radical (unpaired) electrons. The summed E-state index contributed by atoms with van der Waals surface area (Å²) in [6.45, 7) is 5.10. The lowest BCUT2D eigenvalue weighted by Crippen LogP contribution is -2.63. The third-order valence-electron chi connectivity index (χ3n) is 4.92. The fourth-order valence-electron chi connectivity index (χ4n) is 3.81. The number of fused-ring (bicyclic) bond motifs is 1. The van der Waals surface area contributed by atoms with Crippen molar-refractivity contribution in [2.75, 3.05) is 26.8 Å². The van der Waals surface area contributed by atoms with E-state index in [2.05, 4.69) is 10.6 Å². The molecule has 6 nitrogen and oxygen atoms in total. The van der Waals surface area contributed by atoms with Crippen LogP contribution in [-0.2, 0) is 14.3 Å². The Bertz CT molecular complexity index is 364. The average molecular weight is 314 g/mol. The van der Waals surface area contributed by atoms with E-state index in [1.807, 2.05) is 6.92 Å². The Labute approximate surface area is 132 Å². The van der Waals surface area contributed by atoms with Crippen LogP contribution in [-0.4, -0.2) is 62.2 Å². The summed E-state index contributed by atoms with van der Waals surface area (Å²) < 4.78 is 10.8. The van der Waals surface area contributed by atoms with E-state index in [0.717, 1.165) is 19.3 Å². The normalized spacial score (nSPS) is 36.5. The molecule has 128 valence electrons. The molecule has 2 rings (SSSR count). The fraction of sp³-hybridized carbons (Fsp3) is 0.938. The van der Waals surface area contributed by atoms with Crippen LogP contribution in [0.3, 0.4) is 0 Å². The van der Waals surface area contributed by atoms with Gasteiger partial charge in [-0.2, -0.15) is 0 Å². The number of aliphatic hydroxyl groups is 1. The Kier molecular flexibility index (Phi) is 6.62. The van der Waals surface area contributed by atoms with Crippen molar-refractivity contribution in [3.8, 4) is 0 Å². The largest absolute Gasteiger partial charge is 0.466 e. The van der Waals surface area contributed by atoms with Crippen LogP contribution >= 0.6 is 0 Å².